The topological polar surface area (TPSA) is 162 Å². The van der Waals surface area contributed by atoms with Crippen molar-refractivity contribution in [2.45, 2.75) is 25.8 Å². The van der Waals surface area contributed by atoms with E-state index in [1.807, 2.05) is 6.92 Å². The largest absolute Gasteiger partial charge is 0.396 e. The SMILES string of the molecule is CC(Nc1nc(Nc2ccc(OS(C)(=O)=O)c(N)c2)ncc1C(N)=O)C1CC1. The highest BCUT2D eigenvalue weighted by atomic mass is 32.2. The molecule has 150 valence electrons. The van der Waals surface area contributed by atoms with E-state index in [4.69, 9.17) is 15.7 Å². The van der Waals surface area contributed by atoms with Gasteiger partial charge in [-0.3, -0.25) is 4.79 Å². The molecule has 0 spiro atoms. The van der Waals surface area contributed by atoms with E-state index in [1.54, 1.807) is 6.07 Å². The molecule has 2 aromatic rings. The molecular weight excluding hydrogens is 384 g/mol. The zero-order valence-electron chi connectivity index (χ0n) is 15.5. The maximum atomic E-state index is 11.7. The summed E-state index contributed by atoms with van der Waals surface area (Å²) in [6, 6.07) is 4.64. The van der Waals surface area contributed by atoms with Crippen molar-refractivity contribution in [3.8, 4) is 5.75 Å². The summed E-state index contributed by atoms with van der Waals surface area (Å²) in [5.41, 5.74) is 12.1. The molecule has 3 rings (SSSR count). The normalized spacial score (nSPS) is 14.9. The van der Waals surface area contributed by atoms with E-state index in [1.165, 1.54) is 18.3 Å². The van der Waals surface area contributed by atoms with Crippen molar-refractivity contribution < 1.29 is 17.4 Å². The molecule has 0 radical (unpaired) electrons. The molecular formula is C17H22N6O4S. The summed E-state index contributed by atoms with van der Waals surface area (Å²) in [6.45, 7) is 2.03. The lowest BCUT2D eigenvalue weighted by Gasteiger charge is -2.16. The molecule has 1 saturated carbocycles. The highest BCUT2D eigenvalue weighted by molar-refractivity contribution is 7.86. The fraction of sp³-hybridized carbons (Fsp3) is 0.353. The first kappa shape index (κ1) is 19.7. The van der Waals surface area contributed by atoms with Crippen molar-refractivity contribution in [1.82, 2.24) is 9.97 Å². The average Bonchev–Trinajstić information content (AvgIpc) is 3.41. The van der Waals surface area contributed by atoms with Gasteiger partial charge in [0.05, 0.1) is 17.5 Å². The lowest BCUT2D eigenvalue weighted by Crippen LogP contribution is -2.23. The van der Waals surface area contributed by atoms with Crippen molar-refractivity contribution in [2.24, 2.45) is 11.7 Å². The van der Waals surface area contributed by atoms with Gasteiger partial charge in [-0.25, -0.2) is 4.98 Å². The molecule has 1 aromatic carbocycles. The van der Waals surface area contributed by atoms with E-state index < -0.39 is 16.0 Å². The Labute approximate surface area is 162 Å². The molecule has 1 amide bonds. The average molecular weight is 406 g/mol. The van der Waals surface area contributed by atoms with E-state index in [0.717, 1.165) is 19.1 Å². The molecule has 10 nitrogen and oxygen atoms in total. The maximum absolute atomic E-state index is 11.7. The lowest BCUT2D eigenvalue weighted by molar-refractivity contribution is 0.100. The van der Waals surface area contributed by atoms with Crippen molar-refractivity contribution in [1.29, 1.82) is 0 Å². The van der Waals surface area contributed by atoms with Gasteiger partial charge < -0.3 is 26.3 Å². The van der Waals surface area contributed by atoms with E-state index in [9.17, 15) is 13.2 Å². The maximum Gasteiger partial charge on any atom is 0.306 e. The second-order valence-corrected chi connectivity index (χ2v) is 8.33. The van der Waals surface area contributed by atoms with E-state index in [2.05, 4.69) is 20.6 Å². The molecule has 1 unspecified atom stereocenters. The van der Waals surface area contributed by atoms with E-state index in [-0.39, 0.29) is 29.0 Å². The number of primary amides is 1. The molecule has 1 atom stereocenters. The van der Waals surface area contributed by atoms with E-state index >= 15 is 0 Å². The number of nitrogens with zero attached hydrogens (tertiary/aromatic N) is 2. The van der Waals surface area contributed by atoms with Crippen molar-refractivity contribution in [3.05, 3.63) is 30.0 Å². The van der Waals surface area contributed by atoms with Crippen LogP contribution in [0.2, 0.25) is 0 Å². The molecule has 28 heavy (non-hydrogen) atoms. The summed E-state index contributed by atoms with van der Waals surface area (Å²) in [5.74, 6) is 0.539. The number of amides is 1. The number of nitrogen functional groups attached to an aromatic ring is 1. The Balaban J connectivity index is 1.81. The molecule has 1 fully saturated rings. The first-order valence-corrected chi connectivity index (χ1v) is 10.4. The summed E-state index contributed by atoms with van der Waals surface area (Å²) >= 11 is 0. The smallest absolute Gasteiger partial charge is 0.306 e. The number of carbonyl (C=O) groups is 1. The summed E-state index contributed by atoms with van der Waals surface area (Å²) in [4.78, 5) is 20.1. The Kier molecular flexibility index (Phi) is 5.27. The van der Waals surface area contributed by atoms with Crippen LogP contribution in [0.3, 0.4) is 0 Å². The van der Waals surface area contributed by atoms with Gasteiger partial charge in [-0.05, 0) is 43.9 Å². The second kappa shape index (κ2) is 7.50. The third-order valence-corrected chi connectivity index (χ3v) is 4.74. The van der Waals surface area contributed by atoms with E-state index in [0.29, 0.717) is 17.4 Å². The number of nitrogens with one attached hydrogen (secondary N) is 2. The number of nitrogens with two attached hydrogens (primary N) is 2. The number of hydrogen-bond acceptors (Lipinski definition) is 9. The fourth-order valence-electron chi connectivity index (χ4n) is 2.66. The molecule has 1 heterocycles. The molecule has 0 aliphatic heterocycles. The second-order valence-electron chi connectivity index (χ2n) is 6.76. The zero-order chi connectivity index (χ0) is 20.5. The number of carbonyl (C=O) groups excluding carboxylic acids is 1. The van der Waals surface area contributed by atoms with Gasteiger partial charge in [0, 0.05) is 17.9 Å². The Hall–Kier alpha value is -3.08. The number of anilines is 4. The van der Waals surface area contributed by atoms with Crippen LogP contribution in [0.4, 0.5) is 23.1 Å². The van der Waals surface area contributed by atoms with Crippen LogP contribution >= 0.6 is 0 Å². The predicted molar refractivity (Wildman–Crippen MR) is 106 cm³/mol. The highest BCUT2D eigenvalue weighted by Crippen LogP contribution is 2.34. The quantitative estimate of drug-likeness (QED) is 0.375. The summed E-state index contributed by atoms with van der Waals surface area (Å²) in [5, 5.41) is 6.18. The lowest BCUT2D eigenvalue weighted by atomic mass is 10.2. The summed E-state index contributed by atoms with van der Waals surface area (Å²) < 4.78 is 27.3. The van der Waals surface area contributed by atoms with Crippen LogP contribution in [0.1, 0.15) is 30.1 Å². The van der Waals surface area contributed by atoms with Gasteiger partial charge in [0.25, 0.3) is 5.91 Å². The standard InChI is InChI=1S/C17H22N6O4S/c1-9(10-3-4-10)21-16-12(15(19)24)8-20-17(23-16)22-11-5-6-14(13(18)7-11)27-28(2,25)26/h5-10H,3-4,18H2,1-2H3,(H2,19,24)(H2,20,21,22,23). The van der Waals surface area contributed by atoms with Crippen LogP contribution in [0.25, 0.3) is 0 Å². The predicted octanol–water partition coefficient (Wildman–Crippen LogP) is 1.45. The van der Waals surface area contributed by atoms with Crippen molar-refractivity contribution in [2.75, 3.05) is 22.6 Å². The Morgan fingerprint density at radius 2 is 2.07 bits per heavy atom. The Morgan fingerprint density at radius 1 is 1.36 bits per heavy atom. The summed E-state index contributed by atoms with van der Waals surface area (Å²) in [7, 11) is -3.68. The first-order valence-electron chi connectivity index (χ1n) is 8.62. The molecule has 1 aliphatic rings. The zero-order valence-corrected chi connectivity index (χ0v) is 16.3. The first-order chi connectivity index (χ1) is 13.1. The van der Waals surface area contributed by atoms with Crippen LogP contribution in [-0.2, 0) is 10.1 Å². The Morgan fingerprint density at radius 3 is 2.64 bits per heavy atom. The van der Waals surface area contributed by atoms with Gasteiger partial charge in [-0.1, -0.05) is 0 Å². The number of aromatic nitrogens is 2. The van der Waals surface area contributed by atoms with Gasteiger partial charge in [0.15, 0.2) is 5.75 Å². The van der Waals surface area contributed by atoms with Crippen molar-refractivity contribution >= 4 is 39.2 Å². The monoisotopic (exact) mass is 406 g/mol. The van der Waals surface area contributed by atoms with Crippen molar-refractivity contribution in [3.63, 3.8) is 0 Å². The van der Waals surface area contributed by atoms with Gasteiger partial charge in [-0.2, -0.15) is 13.4 Å². The molecule has 0 saturated heterocycles. The molecule has 1 aromatic heterocycles. The molecule has 1 aliphatic carbocycles. The minimum atomic E-state index is -3.68. The van der Waals surface area contributed by atoms with Gasteiger partial charge in [0.1, 0.15) is 5.82 Å². The van der Waals surface area contributed by atoms with Crippen LogP contribution < -0.4 is 26.3 Å². The molecule has 0 bridgehead atoms. The van der Waals surface area contributed by atoms with Gasteiger partial charge in [-0.15, -0.1) is 0 Å². The highest BCUT2D eigenvalue weighted by Gasteiger charge is 2.29. The number of rotatable bonds is 8. The third kappa shape index (κ3) is 5.00. The minimum absolute atomic E-state index is 0.0265. The molecule has 6 N–H and O–H groups in total. The van der Waals surface area contributed by atoms with Crippen LogP contribution in [0.15, 0.2) is 24.4 Å². The minimum Gasteiger partial charge on any atom is -0.396 e. The van der Waals surface area contributed by atoms with Crippen LogP contribution in [0, 0.1) is 5.92 Å². The van der Waals surface area contributed by atoms with Gasteiger partial charge in [0.2, 0.25) is 5.95 Å². The number of hydrogen-bond donors (Lipinski definition) is 4. The van der Waals surface area contributed by atoms with Gasteiger partial charge >= 0.3 is 10.1 Å². The number of benzene rings is 1. The third-order valence-electron chi connectivity index (χ3n) is 4.25. The Bertz CT molecular complexity index is 1010. The van der Waals surface area contributed by atoms with Crippen LogP contribution in [-0.4, -0.2) is 36.6 Å². The van der Waals surface area contributed by atoms with Crippen LogP contribution in [0.5, 0.6) is 5.75 Å². The fourth-order valence-corrected chi connectivity index (χ4v) is 3.13. The molecule has 11 heteroatoms. The summed E-state index contributed by atoms with van der Waals surface area (Å²) in [6.07, 6.45) is 4.56.